The molecule has 0 spiro atoms. The van der Waals surface area contributed by atoms with Crippen LogP contribution in [0.5, 0.6) is 0 Å². The van der Waals surface area contributed by atoms with Gasteiger partial charge in [0, 0.05) is 32.8 Å². The van der Waals surface area contributed by atoms with Crippen molar-refractivity contribution in [2.24, 2.45) is 51.2 Å². The zero-order valence-corrected chi connectivity index (χ0v) is 62.5. The Hall–Kier alpha value is -1.48. The Morgan fingerprint density at radius 3 is 1.20 bits per heavy atom. The molecule has 7 atom stereocenters. The summed E-state index contributed by atoms with van der Waals surface area (Å²) in [7, 11) is 0. The summed E-state index contributed by atoms with van der Waals surface area (Å²) in [5.74, 6) is 0.0305. The number of carbonyl (C=O) groups is 3. The summed E-state index contributed by atoms with van der Waals surface area (Å²) in [4.78, 5) is 39.8. The second kappa shape index (κ2) is 46.8. The first-order valence-electron chi connectivity index (χ1n) is 38.5. The Bertz CT molecular complexity index is 1940. The lowest BCUT2D eigenvalue weighted by atomic mass is 9.78. The molecule has 5 fully saturated rings. The van der Waals surface area contributed by atoms with E-state index in [0.29, 0.717) is 111 Å². The lowest BCUT2D eigenvalue weighted by Crippen LogP contribution is -2.46. The molecule has 0 aromatic rings. The van der Waals surface area contributed by atoms with Crippen molar-refractivity contribution in [1.82, 2.24) is 0 Å². The van der Waals surface area contributed by atoms with E-state index in [1.807, 2.05) is 48.5 Å². The van der Waals surface area contributed by atoms with Crippen LogP contribution in [0.4, 0.5) is 0 Å². The highest BCUT2D eigenvalue weighted by atomic mass is 32.2. The summed E-state index contributed by atoms with van der Waals surface area (Å²) in [6, 6.07) is 0. The van der Waals surface area contributed by atoms with Gasteiger partial charge in [-0.2, -0.15) is 0 Å². The van der Waals surface area contributed by atoms with Crippen molar-refractivity contribution in [3.63, 3.8) is 0 Å². The van der Waals surface area contributed by atoms with Gasteiger partial charge >= 0.3 is 11.9 Å². The molecule has 0 radical (unpaired) electrons. The van der Waals surface area contributed by atoms with E-state index < -0.39 is 23.7 Å². The monoisotopic (exact) mass is 1350 g/mol. The molecule has 17 heteroatoms. The largest absolute Gasteiger partial charge is 0.460 e. The highest BCUT2D eigenvalue weighted by Gasteiger charge is 2.40. The number of hydrogen-bond acceptors (Lipinski definition) is 17. The van der Waals surface area contributed by atoms with Crippen LogP contribution < -0.4 is 0 Å². The van der Waals surface area contributed by atoms with Crippen LogP contribution in [0, 0.1) is 51.2 Å². The maximum atomic E-state index is 13.6. The van der Waals surface area contributed by atoms with E-state index in [1.54, 1.807) is 0 Å². The van der Waals surface area contributed by atoms with Gasteiger partial charge in [0.15, 0.2) is 5.12 Å². The van der Waals surface area contributed by atoms with Crippen LogP contribution in [0.1, 0.15) is 262 Å². The molecule has 7 unspecified atom stereocenters. The Balaban J connectivity index is 1.40. The third kappa shape index (κ3) is 32.0. The third-order valence-corrected chi connectivity index (χ3v) is 22.8. The van der Waals surface area contributed by atoms with Crippen molar-refractivity contribution in [2.75, 3.05) is 126 Å². The lowest BCUT2D eigenvalue weighted by Gasteiger charge is -2.41. The number of thioether (sulfide) groups is 1. The molecular weight excluding hydrogens is 1210 g/mol. The predicted octanol–water partition coefficient (Wildman–Crippen LogP) is 16.4. The van der Waals surface area contributed by atoms with E-state index in [0.717, 1.165) is 77.4 Å². The van der Waals surface area contributed by atoms with Gasteiger partial charge in [-0.3, -0.25) is 14.4 Å². The molecule has 5 aliphatic rings. The smallest absolute Gasteiger partial charge is 0.308 e. The molecule has 0 aromatic carbocycles. The van der Waals surface area contributed by atoms with Gasteiger partial charge in [-0.25, -0.2) is 0 Å². The SMILES string of the molecule is CCC(COC(COCC(CC)(COCC(CCCC1(CC)COC1)OCC(CC1CCCCCCCCC1)SC(=O)C(C)C)COCC(COCC1(CC)COC1)OCC(CC1CCCCCCCCCC1)OC(=O)C(C)C)COCC1(CC)COC1)OC(=O)C(C)C. The standard InChI is InChI=1S/C77H140O16S/c1-12-65(92-71(78)60(6)7)46-89-68(43-84-54-76(15-4)56-87-57-76)42-82-52-75(14-3,51-81-41-66(37-32-38-74(13-2)49-86-50-74)91-48-70(94-73(80)62(10)11)40-64-35-30-26-22-19-23-27-31-36-64)53-83-44-69(45-85-55-77(16-5)58-88-59-77)90-47-67(93-72(79)61(8)9)39-63-33-28-24-20-17-18-21-25-29-34-63/h60-70H,12-59H2,1-11H3. The van der Waals surface area contributed by atoms with Crippen LogP contribution in [0.25, 0.3) is 0 Å². The molecular formula is C77H140O16S. The second-order valence-electron chi connectivity index (χ2n) is 30.9. The van der Waals surface area contributed by atoms with Crippen LogP contribution in [0.15, 0.2) is 0 Å². The Kier molecular flexibility index (Phi) is 41.5. The second-order valence-corrected chi connectivity index (χ2v) is 32.2. The molecule has 2 saturated carbocycles. The van der Waals surface area contributed by atoms with Crippen molar-refractivity contribution < 1.29 is 76.0 Å². The molecule has 2 aliphatic carbocycles. The molecule has 16 nitrogen and oxygen atoms in total. The fraction of sp³-hybridized carbons (Fsp3) is 0.961. The van der Waals surface area contributed by atoms with E-state index >= 15 is 0 Å². The molecule has 3 aliphatic heterocycles. The maximum Gasteiger partial charge on any atom is 0.308 e. The van der Waals surface area contributed by atoms with E-state index in [9.17, 15) is 14.4 Å². The van der Waals surface area contributed by atoms with Gasteiger partial charge in [0.1, 0.15) is 24.4 Å². The number of esters is 2. The van der Waals surface area contributed by atoms with Gasteiger partial charge < -0.3 is 61.6 Å². The number of hydrogen-bond donors (Lipinski definition) is 0. The van der Waals surface area contributed by atoms with Crippen LogP contribution >= 0.6 is 11.8 Å². The van der Waals surface area contributed by atoms with Crippen molar-refractivity contribution >= 4 is 28.8 Å². The summed E-state index contributed by atoms with van der Waals surface area (Å²) < 4.78 is 83.7. The average molecular weight is 1350 g/mol. The van der Waals surface area contributed by atoms with E-state index in [2.05, 4.69) is 27.7 Å². The minimum atomic E-state index is -0.622. The first kappa shape index (κ1) is 83.2. The quantitative estimate of drug-likeness (QED) is 0.0526. The minimum absolute atomic E-state index is 0.0126. The minimum Gasteiger partial charge on any atom is -0.460 e. The predicted molar refractivity (Wildman–Crippen MR) is 375 cm³/mol. The fourth-order valence-electron chi connectivity index (χ4n) is 13.5. The normalized spacial score (nSPS) is 21.9. The van der Waals surface area contributed by atoms with Crippen molar-refractivity contribution in [2.45, 2.75) is 298 Å². The van der Waals surface area contributed by atoms with Crippen molar-refractivity contribution in [3.05, 3.63) is 0 Å². The maximum absolute atomic E-state index is 13.6. The zero-order valence-electron chi connectivity index (χ0n) is 61.7. The molecule has 3 heterocycles. The molecule has 94 heavy (non-hydrogen) atoms. The highest BCUT2D eigenvalue weighted by molar-refractivity contribution is 8.14. The fourth-order valence-corrected chi connectivity index (χ4v) is 14.6. The first-order valence-corrected chi connectivity index (χ1v) is 39.4. The number of rotatable bonds is 48. The van der Waals surface area contributed by atoms with Crippen LogP contribution in [0.3, 0.4) is 0 Å². The molecule has 550 valence electrons. The molecule has 0 N–H and O–H groups in total. The average Bonchev–Trinajstić information content (AvgIpc) is 0.899. The number of ether oxygens (including phenoxy) is 13. The topological polar surface area (TPSA) is 171 Å². The Morgan fingerprint density at radius 2 is 0.819 bits per heavy atom. The van der Waals surface area contributed by atoms with Gasteiger partial charge in [-0.1, -0.05) is 216 Å². The first-order chi connectivity index (χ1) is 45.4. The summed E-state index contributed by atoms with van der Waals surface area (Å²) in [5.41, 5.74) is -0.441. The van der Waals surface area contributed by atoms with Crippen LogP contribution in [-0.2, 0) is 76.0 Å². The van der Waals surface area contributed by atoms with Crippen LogP contribution in [-0.4, -0.2) is 178 Å². The Morgan fingerprint density at radius 1 is 0.436 bits per heavy atom. The molecule has 0 aromatic heterocycles. The zero-order chi connectivity index (χ0) is 67.9. The van der Waals surface area contributed by atoms with Gasteiger partial charge in [0.05, 0.1) is 143 Å². The highest BCUT2D eigenvalue weighted by Crippen LogP contribution is 2.38. The van der Waals surface area contributed by atoms with Crippen LogP contribution in [0.2, 0.25) is 0 Å². The Labute approximate surface area is 577 Å². The number of carbonyl (C=O) groups excluding carboxylic acids is 3. The van der Waals surface area contributed by atoms with Gasteiger partial charge in [-0.05, 0) is 69.6 Å². The van der Waals surface area contributed by atoms with Crippen molar-refractivity contribution in [1.29, 1.82) is 0 Å². The van der Waals surface area contributed by atoms with Crippen molar-refractivity contribution in [3.8, 4) is 0 Å². The van der Waals surface area contributed by atoms with Gasteiger partial charge in [0.2, 0.25) is 0 Å². The molecule has 0 bridgehead atoms. The van der Waals surface area contributed by atoms with E-state index in [1.165, 1.54) is 121 Å². The lowest BCUT2D eigenvalue weighted by molar-refractivity contribution is -0.173. The van der Waals surface area contributed by atoms with Gasteiger partial charge in [-0.15, -0.1) is 0 Å². The summed E-state index contributed by atoms with van der Waals surface area (Å²) in [6.07, 6.45) is 31.0. The summed E-state index contributed by atoms with van der Waals surface area (Å²) in [6.45, 7) is 31.1. The molecule has 5 rings (SSSR count). The van der Waals surface area contributed by atoms with E-state index in [-0.39, 0.29) is 94.9 Å². The molecule has 3 saturated heterocycles. The third-order valence-electron chi connectivity index (χ3n) is 21.4. The summed E-state index contributed by atoms with van der Waals surface area (Å²) in [5, 5.41) is 0.303. The van der Waals surface area contributed by atoms with E-state index in [4.69, 9.17) is 61.6 Å². The summed E-state index contributed by atoms with van der Waals surface area (Å²) >= 11 is 1.51. The molecule has 0 amide bonds. The van der Waals surface area contributed by atoms with Gasteiger partial charge in [0.25, 0.3) is 0 Å².